The van der Waals surface area contributed by atoms with Crippen LogP contribution in [0.15, 0.2) is 18.2 Å². The Balaban J connectivity index is 1.83. The Morgan fingerprint density at radius 1 is 1.35 bits per heavy atom. The molecule has 1 fully saturated rings. The van der Waals surface area contributed by atoms with E-state index in [-0.39, 0.29) is 18.2 Å². The Morgan fingerprint density at radius 3 is 2.87 bits per heavy atom. The van der Waals surface area contributed by atoms with Crippen LogP contribution in [0, 0.1) is 6.92 Å². The van der Waals surface area contributed by atoms with Gasteiger partial charge in [-0.1, -0.05) is 23.8 Å². The minimum absolute atomic E-state index is 0.0330. The van der Waals surface area contributed by atoms with Crippen LogP contribution < -0.4 is 0 Å². The smallest absolute Gasteiger partial charge is 0.410 e. The predicted octanol–water partition coefficient (Wildman–Crippen LogP) is 4.01. The van der Waals surface area contributed by atoms with Gasteiger partial charge in [0.15, 0.2) is 0 Å². The van der Waals surface area contributed by atoms with E-state index in [4.69, 9.17) is 9.47 Å². The number of aryl methyl sites for hydroxylation is 1. The topological polar surface area (TPSA) is 38.8 Å². The summed E-state index contributed by atoms with van der Waals surface area (Å²) in [6.07, 6.45) is 2.67. The number of carbonyl (C=O) groups is 1. The second-order valence-electron chi connectivity index (χ2n) is 7.63. The summed E-state index contributed by atoms with van der Waals surface area (Å²) in [5.74, 6) is 0. The van der Waals surface area contributed by atoms with Crippen molar-refractivity contribution in [2.24, 2.45) is 0 Å². The first kappa shape index (κ1) is 16.3. The largest absolute Gasteiger partial charge is 0.444 e. The molecule has 4 nitrogen and oxygen atoms in total. The molecule has 0 aromatic heterocycles. The van der Waals surface area contributed by atoms with Crippen molar-refractivity contribution in [2.45, 2.75) is 64.7 Å². The third kappa shape index (κ3) is 3.52. The summed E-state index contributed by atoms with van der Waals surface area (Å²) >= 11 is 0. The number of carbonyl (C=O) groups excluding carboxylic acids is 1. The normalized spacial score (nSPS) is 24.4. The highest BCUT2D eigenvalue weighted by Gasteiger charge is 2.39. The van der Waals surface area contributed by atoms with E-state index in [0.29, 0.717) is 0 Å². The Labute approximate surface area is 138 Å². The maximum atomic E-state index is 12.5. The first-order chi connectivity index (χ1) is 10.8. The van der Waals surface area contributed by atoms with E-state index in [9.17, 15) is 4.79 Å². The summed E-state index contributed by atoms with van der Waals surface area (Å²) in [5.41, 5.74) is 3.41. The van der Waals surface area contributed by atoms with Gasteiger partial charge in [0.2, 0.25) is 0 Å². The summed E-state index contributed by atoms with van der Waals surface area (Å²) < 4.78 is 11.7. The molecule has 1 aromatic carbocycles. The van der Waals surface area contributed by atoms with Gasteiger partial charge < -0.3 is 14.4 Å². The fourth-order valence-electron chi connectivity index (χ4n) is 3.59. The SMILES string of the molecule is Cc1ccc2c(c1)CCOC2[C@@H]1CCCN1C(=O)OC(C)(C)C. The number of fused-ring (bicyclic) bond motifs is 1. The van der Waals surface area contributed by atoms with Crippen molar-refractivity contribution in [2.75, 3.05) is 13.2 Å². The number of ether oxygens (including phenoxy) is 2. The molecule has 0 radical (unpaired) electrons. The fourth-order valence-corrected chi connectivity index (χ4v) is 3.59. The lowest BCUT2D eigenvalue weighted by atomic mass is 9.91. The molecule has 4 heteroatoms. The molecule has 2 aliphatic rings. The van der Waals surface area contributed by atoms with Crippen LogP contribution in [0.4, 0.5) is 4.79 Å². The number of rotatable bonds is 1. The lowest BCUT2D eigenvalue weighted by Crippen LogP contribution is -2.43. The zero-order valence-corrected chi connectivity index (χ0v) is 14.6. The van der Waals surface area contributed by atoms with E-state index < -0.39 is 5.60 Å². The van der Waals surface area contributed by atoms with Crippen LogP contribution in [0.2, 0.25) is 0 Å². The minimum Gasteiger partial charge on any atom is -0.444 e. The number of likely N-dealkylation sites (tertiary alicyclic amines) is 1. The van der Waals surface area contributed by atoms with Crippen LogP contribution in [-0.4, -0.2) is 35.8 Å². The van der Waals surface area contributed by atoms with E-state index in [1.165, 1.54) is 16.7 Å². The van der Waals surface area contributed by atoms with Gasteiger partial charge in [0.25, 0.3) is 0 Å². The molecule has 0 aliphatic carbocycles. The van der Waals surface area contributed by atoms with E-state index >= 15 is 0 Å². The summed E-state index contributed by atoms with van der Waals surface area (Å²) in [6, 6.07) is 6.62. The van der Waals surface area contributed by atoms with Gasteiger partial charge in [0.1, 0.15) is 11.7 Å². The Kier molecular flexibility index (Phi) is 4.37. The van der Waals surface area contributed by atoms with Crippen molar-refractivity contribution in [3.63, 3.8) is 0 Å². The molecular weight excluding hydrogens is 290 g/mol. The third-order valence-electron chi connectivity index (χ3n) is 4.55. The van der Waals surface area contributed by atoms with Crippen molar-refractivity contribution >= 4 is 6.09 Å². The molecule has 2 heterocycles. The monoisotopic (exact) mass is 317 g/mol. The summed E-state index contributed by atoms with van der Waals surface area (Å²) in [4.78, 5) is 14.4. The molecule has 1 aromatic rings. The highest BCUT2D eigenvalue weighted by molar-refractivity contribution is 5.69. The Morgan fingerprint density at radius 2 is 2.13 bits per heavy atom. The lowest BCUT2D eigenvalue weighted by Gasteiger charge is -2.36. The van der Waals surface area contributed by atoms with Crippen LogP contribution in [0.5, 0.6) is 0 Å². The minimum atomic E-state index is -0.466. The van der Waals surface area contributed by atoms with Gasteiger partial charge in [-0.15, -0.1) is 0 Å². The molecule has 3 rings (SSSR count). The number of benzene rings is 1. The van der Waals surface area contributed by atoms with Crippen molar-refractivity contribution < 1.29 is 14.3 Å². The second-order valence-corrected chi connectivity index (χ2v) is 7.63. The highest BCUT2D eigenvalue weighted by Crippen LogP contribution is 2.37. The van der Waals surface area contributed by atoms with E-state index in [1.807, 2.05) is 25.7 Å². The highest BCUT2D eigenvalue weighted by atomic mass is 16.6. The van der Waals surface area contributed by atoms with Gasteiger partial charge in [-0.05, 0) is 58.1 Å². The van der Waals surface area contributed by atoms with Crippen LogP contribution in [0.25, 0.3) is 0 Å². The average molecular weight is 317 g/mol. The van der Waals surface area contributed by atoms with E-state index in [2.05, 4.69) is 25.1 Å². The van der Waals surface area contributed by atoms with Crippen LogP contribution >= 0.6 is 0 Å². The van der Waals surface area contributed by atoms with E-state index in [1.54, 1.807) is 0 Å². The molecule has 23 heavy (non-hydrogen) atoms. The van der Waals surface area contributed by atoms with Crippen LogP contribution in [0.3, 0.4) is 0 Å². The summed E-state index contributed by atoms with van der Waals surface area (Å²) in [5, 5.41) is 0. The number of hydrogen-bond acceptors (Lipinski definition) is 3. The number of hydrogen-bond donors (Lipinski definition) is 0. The van der Waals surface area contributed by atoms with Crippen LogP contribution in [-0.2, 0) is 15.9 Å². The van der Waals surface area contributed by atoms with Gasteiger partial charge in [0, 0.05) is 6.54 Å². The summed E-state index contributed by atoms with van der Waals surface area (Å²) in [6.45, 7) is 9.31. The maximum absolute atomic E-state index is 12.5. The van der Waals surface area contributed by atoms with Crippen molar-refractivity contribution in [1.82, 2.24) is 4.90 Å². The Hall–Kier alpha value is -1.55. The van der Waals surface area contributed by atoms with Crippen LogP contribution in [0.1, 0.15) is 56.4 Å². The number of amides is 1. The molecule has 126 valence electrons. The zero-order chi connectivity index (χ0) is 16.6. The molecule has 0 saturated carbocycles. The lowest BCUT2D eigenvalue weighted by molar-refractivity contribution is -0.0265. The molecule has 2 aliphatic heterocycles. The molecule has 2 atom stereocenters. The molecule has 0 N–H and O–H groups in total. The first-order valence-electron chi connectivity index (χ1n) is 8.56. The third-order valence-corrected chi connectivity index (χ3v) is 4.55. The molecule has 1 saturated heterocycles. The van der Waals surface area contributed by atoms with Gasteiger partial charge in [-0.25, -0.2) is 4.79 Å². The molecule has 1 unspecified atom stereocenters. The van der Waals surface area contributed by atoms with Gasteiger partial charge >= 0.3 is 6.09 Å². The average Bonchev–Trinajstić information content (AvgIpc) is 2.93. The van der Waals surface area contributed by atoms with Crippen molar-refractivity contribution in [1.29, 1.82) is 0 Å². The van der Waals surface area contributed by atoms with Crippen molar-refractivity contribution in [3.8, 4) is 0 Å². The molecular formula is C19H27NO3. The first-order valence-corrected chi connectivity index (χ1v) is 8.56. The maximum Gasteiger partial charge on any atom is 0.410 e. The second kappa shape index (κ2) is 6.16. The summed E-state index contributed by atoms with van der Waals surface area (Å²) in [7, 11) is 0. The van der Waals surface area contributed by atoms with Gasteiger partial charge in [0.05, 0.1) is 12.6 Å². The van der Waals surface area contributed by atoms with Gasteiger partial charge in [-0.2, -0.15) is 0 Å². The Bertz CT molecular complexity index is 591. The standard InChI is InChI=1S/C19H27NO3/c1-13-7-8-15-14(12-13)9-11-22-17(15)16-6-5-10-20(16)18(21)23-19(2,3)4/h7-8,12,16-17H,5-6,9-11H2,1-4H3/t16-,17?/m0/s1. The number of nitrogens with zero attached hydrogens (tertiary/aromatic N) is 1. The van der Waals surface area contributed by atoms with Crippen molar-refractivity contribution in [3.05, 3.63) is 34.9 Å². The predicted molar refractivity (Wildman–Crippen MR) is 89.5 cm³/mol. The molecule has 0 bridgehead atoms. The molecule has 0 spiro atoms. The fraction of sp³-hybridized carbons (Fsp3) is 0.632. The van der Waals surface area contributed by atoms with E-state index in [0.717, 1.165) is 32.4 Å². The quantitative estimate of drug-likeness (QED) is 0.785. The zero-order valence-electron chi connectivity index (χ0n) is 14.6. The van der Waals surface area contributed by atoms with Gasteiger partial charge in [-0.3, -0.25) is 0 Å². The molecule has 1 amide bonds.